The second-order valence-corrected chi connectivity index (χ2v) is 4.77. The van der Waals surface area contributed by atoms with Crippen LogP contribution in [0.2, 0.25) is 0 Å². The number of carboxylic acid groups (broad SMARTS) is 1. The van der Waals surface area contributed by atoms with Crippen LogP contribution in [0.1, 0.15) is 28.7 Å². The highest BCUT2D eigenvalue weighted by Crippen LogP contribution is 2.24. The lowest BCUT2D eigenvalue weighted by Crippen LogP contribution is -2.42. The maximum Gasteiger partial charge on any atom is 0.407 e. The Labute approximate surface area is 114 Å². The number of H-pyrrole nitrogens is 1. The Morgan fingerprint density at radius 2 is 2.30 bits per heavy atom. The number of hydrogen-bond donors (Lipinski definition) is 2. The number of rotatable bonds is 1. The number of nitrogens with zero attached hydrogens (tertiary/aromatic N) is 4. The predicted molar refractivity (Wildman–Crippen MR) is 67.3 cm³/mol. The van der Waals surface area contributed by atoms with Crippen LogP contribution in [-0.2, 0) is 13.0 Å². The molecule has 0 aromatic carbocycles. The van der Waals surface area contributed by atoms with Gasteiger partial charge in [0.15, 0.2) is 5.69 Å². The molecule has 0 unspecified atom stereocenters. The minimum absolute atomic E-state index is 0.142. The van der Waals surface area contributed by atoms with Gasteiger partial charge in [0.2, 0.25) is 0 Å². The van der Waals surface area contributed by atoms with Crippen LogP contribution < -0.4 is 0 Å². The normalized spacial score (nSPS) is 17.9. The minimum Gasteiger partial charge on any atom is -0.465 e. The van der Waals surface area contributed by atoms with Crippen LogP contribution in [0.3, 0.4) is 0 Å². The lowest BCUT2D eigenvalue weighted by molar-refractivity contribution is 0.0946. The third kappa shape index (κ3) is 1.85. The molecule has 1 amide bonds. The van der Waals surface area contributed by atoms with E-state index < -0.39 is 6.09 Å². The van der Waals surface area contributed by atoms with Crippen LogP contribution in [0, 0.1) is 0 Å². The molecule has 2 aromatic rings. The first-order valence-corrected chi connectivity index (χ1v) is 6.16. The van der Waals surface area contributed by atoms with Crippen molar-refractivity contribution in [3.63, 3.8) is 0 Å². The molecule has 0 bridgehead atoms. The summed E-state index contributed by atoms with van der Waals surface area (Å²) in [5.74, 6) is -0.320. The summed E-state index contributed by atoms with van der Waals surface area (Å²) in [6.45, 7) is 1.99. The van der Waals surface area contributed by atoms with Gasteiger partial charge in [-0.25, -0.2) is 9.78 Å². The van der Waals surface area contributed by atoms with Gasteiger partial charge in [0, 0.05) is 36.1 Å². The standard InChI is InChI=1S/C12H13N5O3/c1-7-4-9-8(5-17(7)12(19)20)10(15-14-9)11(18)16-3-2-13-6-16/h2-3,6-7H,4-5H2,1H3,(H,14,15)(H,19,20)/t7-/m1/s1. The molecule has 0 saturated carbocycles. The van der Waals surface area contributed by atoms with Crippen molar-refractivity contribution < 1.29 is 14.7 Å². The molecule has 8 nitrogen and oxygen atoms in total. The molecule has 1 aliphatic rings. The van der Waals surface area contributed by atoms with Crippen molar-refractivity contribution in [3.8, 4) is 0 Å². The largest absolute Gasteiger partial charge is 0.465 e. The van der Waals surface area contributed by atoms with Crippen molar-refractivity contribution in [2.75, 3.05) is 0 Å². The van der Waals surface area contributed by atoms with Crippen molar-refractivity contribution in [1.29, 1.82) is 0 Å². The van der Waals surface area contributed by atoms with Gasteiger partial charge in [-0.1, -0.05) is 0 Å². The van der Waals surface area contributed by atoms with Gasteiger partial charge in [0.05, 0.1) is 6.54 Å². The fourth-order valence-corrected chi connectivity index (χ4v) is 2.41. The van der Waals surface area contributed by atoms with Gasteiger partial charge >= 0.3 is 6.09 Å². The van der Waals surface area contributed by atoms with Gasteiger partial charge < -0.3 is 10.0 Å². The molecular formula is C12H13N5O3. The first-order valence-electron chi connectivity index (χ1n) is 6.16. The first kappa shape index (κ1) is 12.4. The molecule has 0 saturated heterocycles. The molecular weight excluding hydrogens is 262 g/mol. The van der Waals surface area contributed by atoms with Crippen LogP contribution in [0.25, 0.3) is 0 Å². The molecule has 0 spiro atoms. The van der Waals surface area contributed by atoms with E-state index >= 15 is 0 Å². The Morgan fingerprint density at radius 1 is 1.50 bits per heavy atom. The lowest BCUT2D eigenvalue weighted by atomic mass is 10.00. The van der Waals surface area contributed by atoms with Crippen molar-refractivity contribution >= 4 is 12.0 Å². The van der Waals surface area contributed by atoms with E-state index in [9.17, 15) is 14.7 Å². The summed E-state index contributed by atoms with van der Waals surface area (Å²) in [5, 5.41) is 16.1. The summed E-state index contributed by atoms with van der Waals surface area (Å²) in [4.78, 5) is 28.6. The summed E-state index contributed by atoms with van der Waals surface area (Å²) in [6, 6.07) is -0.142. The molecule has 20 heavy (non-hydrogen) atoms. The van der Waals surface area contributed by atoms with Gasteiger partial charge in [-0.2, -0.15) is 5.10 Å². The highest BCUT2D eigenvalue weighted by atomic mass is 16.4. The fourth-order valence-electron chi connectivity index (χ4n) is 2.41. The Balaban J connectivity index is 1.97. The fraction of sp³-hybridized carbons (Fsp3) is 0.333. The highest BCUT2D eigenvalue weighted by molar-refractivity contribution is 5.95. The molecule has 2 N–H and O–H groups in total. The van der Waals surface area contributed by atoms with Crippen molar-refractivity contribution in [1.82, 2.24) is 24.6 Å². The number of carbonyl (C=O) groups excluding carboxylic acids is 1. The van der Waals surface area contributed by atoms with Crippen LogP contribution >= 0.6 is 0 Å². The van der Waals surface area contributed by atoms with E-state index in [0.717, 1.165) is 5.69 Å². The van der Waals surface area contributed by atoms with Crippen molar-refractivity contribution in [3.05, 3.63) is 35.7 Å². The predicted octanol–water partition coefficient (Wildman–Crippen LogP) is 0.719. The molecule has 3 heterocycles. The first-order chi connectivity index (χ1) is 9.58. The summed E-state index contributed by atoms with van der Waals surface area (Å²) < 4.78 is 1.32. The number of hydrogen-bond acceptors (Lipinski definition) is 4. The second kappa shape index (κ2) is 4.48. The molecule has 3 rings (SSSR count). The molecule has 8 heteroatoms. The van der Waals surface area contributed by atoms with Crippen LogP contribution in [0.4, 0.5) is 4.79 Å². The SMILES string of the molecule is C[C@@H]1Cc2[nH]nc(C(=O)n3ccnc3)c2CN1C(=O)O. The third-order valence-electron chi connectivity index (χ3n) is 3.50. The minimum atomic E-state index is -0.995. The zero-order valence-corrected chi connectivity index (χ0v) is 10.8. The monoisotopic (exact) mass is 275 g/mol. The third-order valence-corrected chi connectivity index (χ3v) is 3.50. The number of imidazole rings is 1. The summed E-state index contributed by atoms with van der Waals surface area (Å²) in [5.41, 5.74) is 1.71. The number of aromatic amines is 1. The topological polar surface area (TPSA) is 104 Å². The molecule has 2 aromatic heterocycles. The Bertz CT molecular complexity index is 661. The number of amides is 1. The molecule has 1 aliphatic heterocycles. The number of aromatic nitrogens is 4. The lowest BCUT2D eigenvalue weighted by Gasteiger charge is -2.30. The van der Waals surface area contributed by atoms with Gasteiger partial charge in [0.25, 0.3) is 5.91 Å². The molecule has 0 aliphatic carbocycles. The Hall–Kier alpha value is -2.64. The van der Waals surface area contributed by atoms with Gasteiger partial charge in [-0.05, 0) is 6.92 Å². The molecule has 0 radical (unpaired) electrons. The average Bonchev–Trinajstić information content (AvgIpc) is 3.05. The number of fused-ring (bicyclic) bond motifs is 1. The highest BCUT2D eigenvalue weighted by Gasteiger charge is 2.32. The van der Waals surface area contributed by atoms with E-state index in [-0.39, 0.29) is 24.2 Å². The van der Waals surface area contributed by atoms with Gasteiger partial charge in [-0.3, -0.25) is 14.5 Å². The van der Waals surface area contributed by atoms with E-state index in [0.29, 0.717) is 12.0 Å². The van der Waals surface area contributed by atoms with Crippen molar-refractivity contribution in [2.24, 2.45) is 0 Å². The average molecular weight is 275 g/mol. The van der Waals surface area contributed by atoms with E-state index in [1.165, 1.54) is 28.2 Å². The smallest absolute Gasteiger partial charge is 0.407 e. The zero-order chi connectivity index (χ0) is 14.3. The van der Waals surface area contributed by atoms with Gasteiger partial charge in [0.1, 0.15) is 6.33 Å². The summed E-state index contributed by atoms with van der Waals surface area (Å²) in [7, 11) is 0. The Kier molecular flexibility index (Phi) is 2.78. The summed E-state index contributed by atoms with van der Waals surface area (Å²) >= 11 is 0. The van der Waals surface area contributed by atoms with E-state index in [2.05, 4.69) is 15.2 Å². The molecule has 1 atom stereocenters. The van der Waals surface area contributed by atoms with Crippen LogP contribution in [0.5, 0.6) is 0 Å². The van der Waals surface area contributed by atoms with Crippen LogP contribution in [-0.4, -0.2) is 47.8 Å². The second-order valence-electron chi connectivity index (χ2n) is 4.77. The van der Waals surface area contributed by atoms with E-state index in [4.69, 9.17) is 0 Å². The summed E-state index contributed by atoms with van der Waals surface area (Å²) in [6.07, 6.45) is 3.95. The van der Waals surface area contributed by atoms with Crippen LogP contribution in [0.15, 0.2) is 18.7 Å². The quantitative estimate of drug-likeness (QED) is 0.798. The van der Waals surface area contributed by atoms with E-state index in [1.54, 1.807) is 0 Å². The van der Waals surface area contributed by atoms with Crippen molar-refractivity contribution in [2.45, 2.75) is 25.9 Å². The Morgan fingerprint density at radius 3 is 2.95 bits per heavy atom. The number of nitrogens with one attached hydrogen (secondary N) is 1. The molecule has 0 fully saturated rings. The maximum atomic E-state index is 12.3. The van der Waals surface area contributed by atoms with Gasteiger partial charge in [-0.15, -0.1) is 0 Å². The zero-order valence-electron chi connectivity index (χ0n) is 10.8. The number of carbonyl (C=O) groups is 2. The maximum absolute atomic E-state index is 12.3. The molecule has 104 valence electrons. The van der Waals surface area contributed by atoms with E-state index in [1.807, 2.05) is 6.92 Å².